The number of likely N-dealkylation sites (tertiary alicyclic amines) is 1. The normalized spacial score (nSPS) is 21.5. The molecule has 2 rings (SSSR count). The summed E-state index contributed by atoms with van der Waals surface area (Å²) in [7, 11) is 0. The molecule has 0 spiro atoms. The molecule has 1 aromatic heterocycles. The molecule has 1 amide bonds. The van der Waals surface area contributed by atoms with E-state index in [1.165, 1.54) is 21.7 Å². The number of carbonyl (C=O) groups excluding carboxylic acids is 1. The maximum atomic E-state index is 12.4. The lowest BCUT2D eigenvalue weighted by molar-refractivity contribution is -0.147. The van der Waals surface area contributed by atoms with Gasteiger partial charge in [0.15, 0.2) is 0 Å². The minimum atomic E-state index is -0.909. The zero-order valence-electron chi connectivity index (χ0n) is 12.2. The van der Waals surface area contributed by atoms with Gasteiger partial charge in [0.25, 0.3) is 11.5 Å². The van der Waals surface area contributed by atoms with Gasteiger partial charge < -0.3 is 10.0 Å². The fourth-order valence-corrected chi connectivity index (χ4v) is 2.41. The Morgan fingerprint density at radius 3 is 2.71 bits per heavy atom. The van der Waals surface area contributed by atoms with E-state index in [0.29, 0.717) is 19.5 Å². The lowest BCUT2D eigenvalue weighted by Gasteiger charge is -2.20. The molecule has 1 N–H and O–H groups in total. The van der Waals surface area contributed by atoms with Crippen molar-refractivity contribution in [2.45, 2.75) is 33.2 Å². The van der Waals surface area contributed by atoms with Gasteiger partial charge >= 0.3 is 5.97 Å². The Labute approximate surface area is 122 Å². The maximum Gasteiger partial charge on any atom is 0.311 e. The Bertz CT molecular complexity index is 625. The molecule has 21 heavy (non-hydrogen) atoms. The number of hydrogen-bond acceptors (Lipinski definition) is 4. The van der Waals surface area contributed by atoms with Gasteiger partial charge in [0.1, 0.15) is 5.69 Å². The minimum Gasteiger partial charge on any atom is -0.481 e. The smallest absolute Gasteiger partial charge is 0.311 e. The van der Waals surface area contributed by atoms with Gasteiger partial charge in [-0.15, -0.1) is 0 Å². The van der Waals surface area contributed by atoms with Gasteiger partial charge in [0.2, 0.25) is 0 Å². The molecule has 1 saturated heterocycles. The van der Waals surface area contributed by atoms with Crippen LogP contribution in [0.2, 0.25) is 0 Å². The van der Waals surface area contributed by atoms with Crippen molar-refractivity contribution in [2.75, 3.05) is 13.1 Å². The van der Waals surface area contributed by atoms with Crippen LogP contribution in [-0.2, 0) is 11.3 Å². The van der Waals surface area contributed by atoms with E-state index in [2.05, 4.69) is 5.10 Å². The summed E-state index contributed by atoms with van der Waals surface area (Å²) < 4.78 is 1.26. The summed E-state index contributed by atoms with van der Waals surface area (Å²) in [6.07, 6.45) is 1.16. The van der Waals surface area contributed by atoms with Crippen molar-refractivity contribution in [3.63, 3.8) is 0 Å². The van der Waals surface area contributed by atoms with Crippen LogP contribution in [-0.4, -0.2) is 44.8 Å². The number of aliphatic carboxylic acids is 1. The quantitative estimate of drug-likeness (QED) is 0.877. The average molecular weight is 293 g/mol. The molecule has 0 unspecified atom stereocenters. The van der Waals surface area contributed by atoms with E-state index in [9.17, 15) is 19.5 Å². The molecule has 114 valence electrons. The van der Waals surface area contributed by atoms with Crippen LogP contribution in [0.5, 0.6) is 0 Å². The summed E-state index contributed by atoms with van der Waals surface area (Å²) in [4.78, 5) is 36.7. The van der Waals surface area contributed by atoms with Gasteiger partial charge in [-0.25, -0.2) is 4.68 Å². The summed E-state index contributed by atoms with van der Waals surface area (Å²) >= 11 is 0. The van der Waals surface area contributed by atoms with E-state index in [-0.39, 0.29) is 23.7 Å². The lowest BCUT2D eigenvalue weighted by atomic mass is 9.90. The molecule has 7 heteroatoms. The zero-order valence-corrected chi connectivity index (χ0v) is 12.2. The number of carbonyl (C=O) groups is 2. The molecule has 0 radical (unpaired) electrons. The first kappa shape index (κ1) is 15.2. The van der Waals surface area contributed by atoms with Crippen LogP contribution in [0.1, 0.15) is 37.2 Å². The number of amides is 1. The summed E-state index contributed by atoms with van der Waals surface area (Å²) in [6, 6.07) is 2.72. The van der Waals surface area contributed by atoms with Crippen molar-refractivity contribution >= 4 is 11.9 Å². The van der Waals surface area contributed by atoms with E-state index in [0.717, 1.165) is 6.42 Å². The lowest BCUT2D eigenvalue weighted by Crippen LogP contribution is -2.36. The van der Waals surface area contributed by atoms with Crippen molar-refractivity contribution in [2.24, 2.45) is 5.41 Å². The number of aromatic nitrogens is 2. The molecule has 0 bridgehead atoms. The summed E-state index contributed by atoms with van der Waals surface area (Å²) in [5.41, 5.74) is -0.976. The molecule has 1 fully saturated rings. The van der Waals surface area contributed by atoms with E-state index in [1.807, 2.05) is 6.92 Å². The molecule has 0 aliphatic carbocycles. The second kappa shape index (κ2) is 5.67. The van der Waals surface area contributed by atoms with Gasteiger partial charge in [-0.1, -0.05) is 6.92 Å². The van der Waals surface area contributed by atoms with Gasteiger partial charge in [-0.05, 0) is 25.8 Å². The van der Waals surface area contributed by atoms with Gasteiger partial charge in [0.05, 0.1) is 5.41 Å². The second-order valence-corrected chi connectivity index (χ2v) is 5.62. The fourth-order valence-electron chi connectivity index (χ4n) is 2.41. The van der Waals surface area contributed by atoms with Crippen LogP contribution >= 0.6 is 0 Å². The van der Waals surface area contributed by atoms with Crippen molar-refractivity contribution in [3.8, 4) is 0 Å². The van der Waals surface area contributed by atoms with E-state index in [1.54, 1.807) is 6.92 Å². The first-order valence-electron chi connectivity index (χ1n) is 6.98. The largest absolute Gasteiger partial charge is 0.481 e. The molecule has 1 atom stereocenters. The number of rotatable bonds is 4. The molecule has 0 saturated carbocycles. The monoisotopic (exact) mass is 293 g/mol. The molecule has 1 aromatic rings. The molecule has 2 heterocycles. The fraction of sp³-hybridized carbons (Fsp3) is 0.571. The predicted molar refractivity (Wildman–Crippen MR) is 75.1 cm³/mol. The highest BCUT2D eigenvalue weighted by molar-refractivity contribution is 5.93. The third kappa shape index (κ3) is 2.96. The van der Waals surface area contributed by atoms with Crippen LogP contribution in [0.25, 0.3) is 0 Å². The van der Waals surface area contributed by atoms with E-state index >= 15 is 0 Å². The van der Waals surface area contributed by atoms with Crippen LogP contribution in [0.4, 0.5) is 0 Å². The summed E-state index contributed by atoms with van der Waals surface area (Å²) in [5.74, 6) is -1.23. The number of nitrogens with zero attached hydrogens (tertiary/aromatic N) is 3. The van der Waals surface area contributed by atoms with E-state index in [4.69, 9.17) is 0 Å². The molecular formula is C14H19N3O4. The van der Waals surface area contributed by atoms with Gasteiger partial charge in [-0.3, -0.25) is 14.4 Å². The number of aryl methyl sites for hydroxylation is 1. The molecule has 1 aliphatic heterocycles. The topological polar surface area (TPSA) is 92.5 Å². The van der Waals surface area contributed by atoms with Crippen molar-refractivity contribution in [3.05, 3.63) is 28.2 Å². The van der Waals surface area contributed by atoms with Crippen LogP contribution < -0.4 is 5.56 Å². The number of carboxylic acids is 1. The first-order valence-corrected chi connectivity index (χ1v) is 6.98. The Kier molecular flexibility index (Phi) is 4.11. The third-order valence-corrected chi connectivity index (χ3v) is 3.80. The zero-order chi connectivity index (χ0) is 15.6. The number of hydrogen-bond donors (Lipinski definition) is 1. The molecular weight excluding hydrogens is 274 g/mol. The minimum absolute atomic E-state index is 0.162. The summed E-state index contributed by atoms with van der Waals surface area (Å²) in [5, 5.41) is 13.3. The molecule has 1 aliphatic rings. The SMILES string of the molecule is CCCn1nc(C(=O)N2CC[C@@](C)(C(=O)O)C2)ccc1=O. The van der Waals surface area contributed by atoms with E-state index < -0.39 is 11.4 Å². The third-order valence-electron chi connectivity index (χ3n) is 3.80. The average Bonchev–Trinajstić information content (AvgIpc) is 2.85. The van der Waals surface area contributed by atoms with Crippen molar-refractivity contribution in [1.29, 1.82) is 0 Å². The van der Waals surface area contributed by atoms with Gasteiger partial charge in [-0.2, -0.15) is 5.10 Å². The van der Waals surface area contributed by atoms with Gasteiger partial charge in [0, 0.05) is 25.7 Å². The van der Waals surface area contributed by atoms with Crippen molar-refractivity contribution < 1.29 is 14.7 Å². The Balaban J connectivity index is 2.20. The van der Waals surface area contributed by atoms with Crippen molar-refractivity contribution in [1.82, 2.24) is 14.7 Å². The van der Waals surface area contributed by atoms with Crippen LogP contribution in [0.15, 0.2) is 16.9 Å². The predicted octanol–water partition coefficient (Wildman–Crippen LogP) is 0.590. The Morgan fingerprint density at radius 1 is 1.43 bits per heavy atom. The molecule has 7 nitrogen and oxygen atoms in total. The maximum absolute atomic E-state index is 12.4. The standard InChI is InChI=1S/C14H19N3O4/c1-3-7-17-11(18)5-4-10(15-17)12(19)16-8-6-14(2,9-16)13(20)21/h4-5H,3,6-9H2,1-2H3,(H,20,21)/t14-/m1/s1. The van der Waals surface area contributed by atoms with Crippen LogP contribution in [0.3, 0.4) is 0 Å². The van der Waals surface area contributed by atoms with Crippen LogP contribution in [0, 0.1) is 5.41 Å². The molecule has 0 aromatic carbocycles. The second-order valence-electron chi connectivity index (χ2n) is 5.62. The number of carboxylic acid groups (broad SMARTS) is 1. The highest BCUT2D eigenvalue weighted by Crippen LogP contribution is 2.30. The highest BCUT2D eigenvalue weighted by atomic mass is 16.4. The Morgan fingerprint density at radius 2 is 2.14 bits per heavy atom. The first-order chi connectivity index (χ1) is 9.87. The summed E-state index contributed by atoms with van der Waals surface area (Å²) in [6.45, 7) is 4.55. The highest BCUT2D eigenvalue weighted by Gasteiger charge is 2.42. The Hall–Kier alpha value is -2.18.